The third-order valence-corrected chi connectivity index (χ3v) is 6.14. The van der Waals surface area contributed by atoms with Crippen molar-refractivity contribution in [3.63, 3.8) is 0 Å². The van der Waals surface area contributed by atoms with Crippen molar-refractivity contribution in [2.24, 2.45) is 5.92 Å². The highest BCUT2D eigenvalue weighted by Crippen LogP contribution is 2.30. The van der Waals surface area contributed by atoms with E-state index in [1.54, 1.807) is 17.2 Å². The molecule has 7 nitrogen and oxygen atoms in total. The molecule has 4 rings (SSSR count). The van der Waals surface area contributed by atoms with E-state index in [1.165, 1.54) is 0 Å². The fourth-order valence-corrected chi connectivity index (χ4v) is 4.28. The first-order valence-electron chi connectivity index (χ1n) is 10.9. The summed E-state index contributed by atoms with van der Waals surface area (Å²) in [4.78, 5) is 45.5. The average Bonchev–Trinajstić information content (AvgIpc) is 3.23. The molecule has 1 aromatic carbocycles. The molecule has 1 fully saturated rings. The van der Waals surface area contributed by atoms with E-state index in [0.717, 1.165) is 23.2 Å². The number of rotatable bonds is 4. The molecule has 0 radical (unpaired) electrons. The largest absolute Gasteiger partial charge is 0.339 e. The summed E-state index contributed by atoms with van der Waals surface area (Å²) in [6.45, 7) is 5.59. The lowest BCUT2D eigenvalue weighted by atomic mass is 9.95. The molecule has 1 saturated heterocycles. The molecule has 0 spiro atoms. The van der Waals surface area contributed by atoms with E-state index in [-0.39, 0.29) is 23.6 Å². The summed E-state index contributed by atoms with van der Waals surface area (Å²) in [6.07, 6.45) is 4.24. The maximum absolute atomic E-state index is 13.0. The van der Waals surface area contributed by atoms with Crippen LogP contribution in [0.1, 0.15) is 47.7 Å². The number of benzene rings is 1. The zero-order valence-electron chi connectivity index (χ0n) is 18.1. The number of carbonyl (C=O) groups excluding carboxylic acids is 3. The monoisotopic (exact) mass is 420 g/mol. The molecule has 3 amide bonds. The lowest BCUT2D eigenvalue weighted by Gasteiger charge is -2.31. The van der Waals surface area contributed by atoms with Gasteiger partial charge in [0.1, 0.15) is 5.82 Å². The minimum atomic E-state index is -0.124. The number of pyridine rings is 1. The van der Waals surface area contributed by atoms with Gasteiger partial charge in [-0.3, -0.25) is 14.4 Å². The first kappa shape index (κ1) is 21.0. The smallest absolute Gasteiger partial charge is 0.253 e. The highest BCUT2D eigenvalue weighted by molar-refractivity contribution is 5.98. The molecule has 31 heavy (non-hydrogen) atoms. The van der Waals surface area contributed by atoms with Gasteiger partial charge in [-0.2, -0.15) is 0 Å². The molecule has 2 aliphatic rings. The quantitative estimate of drug-likeness (QED) is 0.824. The Morgan fingerprint density at radius 2 is 1.87 bits per heavy atom. The molecule has 1 aromatic heterocycles. The molecular formula is C24H28N4O3. The van der Waals surface area contributed by atoms with Gasteiger partial charge in [0.05, 0.1) is 0 Å². The van der Waals surface area contributed by atoms with Gasteiger partial charge in [0.15, 0.2) is 0 Å². The highest BCUT2D eigenvalue weighted by atomic mass is 16.2. The van der Waals surface area contributed by atoms with Crippen LogP contribution in [-0.4, -0.2) is 47.2 Å². The molecular weight excluding hydrogens is 392 g/mol. The second kappa shape index (κ2) is 8.88. The van der Waals surface area contributed by atoms with Crippen molar-refractivity contribution in [1.82, 2.24) is 9.88 Å². The Kier molecular flexibility index (Phi) is 6.02. The number of nitrogens with zero attached hydrogens (tertiary/aromatic N) is 3. The number of piperidine rings is 1. The van der Waals surface area contributed by atoms with Crippen molar-refractivity contribution in [1.29, 1.82) is 0 Å². The van der Waals surface area contributed by atoms with E-state index in [0.29, 0.717) is 50.3 Å². The Labute approximate surface area is 182 Å². The molecule has 1 N–H and O–H groups in total. The van der Waals surface area contributed by atoms with Crippen LogP contribution in [0.5, 0.6) is 0 Å². The molecule has 0 aliphatic carbocycles. The van der Waals surface area contributed by atoms with Crippen molar-refractivity contribution in [3.8, 4) is 0 Å². The zero-order valence-corrected chi connectivity index (χ0v) is 18.1. The number of likely N-dealkylation sites (tertiary alicyclic amines) is 1. The molecule has 0 atom stereocenters. The Bertz CT molecular complexity index is 994. The summed E-state index contributed by atoms with van der Waals surface area (Å²) in [5.41, 5.74) is 3.66. The van der Waals surface area contributed by atoms with Crippen molar-refractivity contribution in [3.05, 3.63) is 53.2 Å². The Hall–Kier alpha value is -3.22. The van der Waals surface area contributed by atoms with E-state index in [2.05, 4.69) is 10.3 Å². The van der Waals surface area contributed by atoms with Gasteiger partial charge in [-0.25, -0.2) is 4.98 Å². The number of hydrogen-bond donors (Lipinski definition) is 1. The van der Waals surface area contributed by atoms with Crippen molar-refractivity contribution in [2.45, 2.75) is 39.5 Å². The lowest BCUT2D eigenvalue weighted by molar-refractivity contribution is -0.121. The minimum Gasteiger partial charge on any atom is -0.339 e. The number of amides is 3. The van der Waals surface area contributed by atoms with Crippen LogP contribution in [0.2, 0.25) is 0 Å². The van der Waals surface area contributed by atoms with Gasteiger partial charge >= 0.3 is 0 Å². The van der Waals surface area contributed by atoms with Crippen LogP contribution < -0.4 is 10.2 Å². The van der Waals surface area contributed by atoms with Crippen LogP contribution in [0.4, 0.5) is 11.5 Å². The summed E-state index contributed by atoms with van der Waals surface area (Å²) in [5, 5.41) is 2.88. The third kappa shape index (κ3) is 4.45. The number of anilines is 2. The molecule has 162 valence electrons. The second-order valence-electron chi connectivity index (χ2n) is 8.27. The summed E-state index contributed by atoms with van der Waals surface area (Å²) < 4.78 is 0. The van der Waals surface area contributed by atoms with E-state index in [1.807, 2.05) is 43.0 Å². The summed E-state index contributed by atoms with van der Waals surface area (Å²) >= 11 is 0. The normalized spacial score (nSPS) is 16.2. The highest BCUT2D eigenvalue weighted by Gasteiger charge is 2.29. The van der Waals surface area contributed by atoms with Gasteiger partial charge in [-0.1, -0.05) is 13.0 Å². The Morgan fingerprint density at radius 3 is 2.55 bits per heavy atom. The maximum Gasteiger partial charge on any atom is 0.253 e. The van der Waals surface area contributed by atoms with Crippen molar-refractivity contribution < 1.29 is 14.4 Å². The number of aryl methyl sites for hydroxylation is 1. The van der Waals surface area contributed by atoms with Gasteiger partial charge < -0.3 is 15.1 Å². The van der Waals surface area contributed by atoms with Gasteiger partial charge in [0.2, 0.25) is 11.8 Å². The van der Waals surface area contributed by atoms with E-state index < -0.39 is 0 Å². The lowest BCUT2D eigenvalue weighted by Crippen LogP contribution is -2.41. The number of hydrogen-bond acceptors (Lipinski definition) is 4. The minimum absolute atomic E-state index is 0.0119. The fraction of sp³-hybridized carbons (Fsp3) is 0.417. The second-order valence-corrected chi connectivity index (χ2v) is 8.27. The summed E-state index contributed by atoms with van der Waals surface area (Å²) in [5.74, 6) is 0.492. The summed E-state index contributed by atoms with van der Waals surface area (Å²) in [6, 6.07) is 9.33. The first-order valence-corrected chi connectivity index (χ1v) is 10.9. The fourth-order valence-electron chi connectivity index (χ4n) is 4.28. The van der Waals surface area contributed by atoms with E-state index in [4.69, 9.17) is 0 Å². The average molecular weight is 421 g/mol. The van der Waals surface area contributed by atoms with Crippen molar-refractivity contribution in [2.75, 3.05) is 29.9 Å². The standard InChI is InChI=1S/C24H28N4O3/c1-3-22(29)28-13-10-18-14-19(5-6-20(18)28)24(31)27-11-8-17(9-12-27)23(30)26-21-7-4-16(2)15-25-21/h4-7,14-15,17H,3,8-13H2,1-2H3,(H,25,26,30). The number of aromatic nitrogens is 1. The first-order chi connectivity index (χ1) is 15.0. The maximum atomic E-state index is 13.0. The number of fused-ring (bicyclic) bond motifs is 1. The van der Waals surface area contributed by atoms with Gasteiger partial charge in [-0.15, -0.1) is 0 Å². The van der Waals surface area contributed by atoms with Crippen LogP contribution >= 0.6 is 0 Å². The topological polar surface area (TPSA) is 82.6 Å². The molecule has 0 unspecified atom stereocenters. The Balaban J connectivity index is 1.35. The van der Waals surface area contributed by atoms with Crippen LogP contribution in [0, 0.1) is 12.8 Å². The molecule has 2 aliphatic heterocycles. The zero-order chi connectivity index (χ0) is 22.0. The van der Waals surface area contributed by atoms with Gasteiger partial charge in [0, 0.05) is 49.4 Å². The van der Waals surface area contributed by atoms with Crippen LogP contribution in [0.25, 0.3) is 0 Å². The molecule has 0 saturated carbocycles. The van der Waals surface area contributed by atoms with Gasteiger partial charge in [0.25, 0.3) is 5.91 Å². The van der Waals surface area contributed by atoms with Gasteiger partial charge in [-0.05, 0) is 61.6 Å². The van der Waals surface area contributed by atoms with Crippen LogP contribution in [0.15, 0.2) is 36.5 Å². The summed E-state index contributed by atoms with van der Waals surface area (Å²) in [7, 11) is 0. The third-order valence-electron chi connectivity index (χ3n) is 6.14. The SMILES string of the molecule is CCC(=O)N1CCc2cc(C(=O)N3CCC(C(=O)Nc4ccc(C)cn4)CC3)ccc21. The predicted octanol–water partition coefficient (Wildman–Crippen LogP) is 3.18. The van der Waals surface area contributed by atoms with Crippen LogP contribution in [-0.2, 0) is 16.0 Å². The van der Waals surface area contributed by atoms with Crippen LogP contribution in [0.3, 0.4) is 0 Å². The molecule has 2 aromatic rings. The van der Waals surface area contributed by atoms with E-state index in [9.17, 15) is 14.4 Å². The van der Waals surface area contributed by atoms with E-state index >= 15 is 0 Å². The molecule has 0 bridgehead atoms. The number of carbonyl (C=O) groups is 3. The number of nitrogens with one attached hydrogen (secondary N) is 1. The predicted molar refractivity (Wildman–Crippen MR) is 119 cm³/mol. The Morgan fingerprint density at radius 1 is 1.10 bits per heavy atom. The van der Waals surface area contributed by atoms with Crippen molar-refractivity contribution >= 4 is 29.2 Å². The molecule has 7 heteroatoms. The molecule has 3 heterocycles.